The van der Waals surface area contributed by atoms with Crippen LogP contribution in [0.2, 0.25) is 5.02 Å². The minimum atomic E-state index is -0.591. The molecule has 1 fully saturated rings. The number of H-pyrrole nitrogens is 1. The number of carbonyl (C=O) groups is 1. The van der Waals surface area contributed by atoms with Gasteiger partial charge < -0.3 is 15.2 Å². The highest BCUT2D eigenvalue weighted by molar-refractivity contribution is 6.31. The molecule has 4 aromatic rings. The van der Waals surface area contributed by atoms with Crippen LogP contribution in [-0.4, -0.2) is 49.9 Å². The van der Waals surface area contributed by atoms with Crippen LogP contribution < -0.4 is 5.32 Å². The lowest BCUT2D eigenvalue weighted by molar-refractivity contribution is 0.0628. The predicted molar refractivity (Wildman–Crippen MR) is 126 cm³/mol. The van der Waals surface area contributed by atoms with Gasteiger partial charge in [-0.25, -0.2) is 23.7 Å². The number of aromatic amines is 1. The van der Waals surface area contributed by atoms with Crippen molar-refractivity contribution in [3.8, 4) is 11.4 Å². The minimum Gasteiger partial charge on any atom is -0.365 e. The molecule has 1 aromatic carbocycles. The van der Waals surface area contributed by atoms with Gasteiger partial charge in [0.25, 0.3) is 5.91 Å². The number of anilines is 1. The fourth-order valence-electron chi connectivity index (χ4n) is 4.24. The number of likely N-dealkylation sites (tertiary alicyclic amines) is 1. The number of aromatic nitrogens is 4. The largest absolute Gasteiger partial charge is 0.365 e. The lowest BCUT2D eigenvalue weighted by atomic mass is 10.0. The molecular formula is C24H21ClF2N6O. The summed E-state index contributed by atoms with van der Waals surface area (Å²) in [5.41, 5.74) is 1.70. The maximum Gasteiger partial charge on any atom is 0.254 e. The minimum absolute atomic E-state index is 0.0501. The van der Waals surface area contributed by atoms with E-state index in [1.807, 2.05) is 0 Å². The molecule has 7 nitrogen and oxygen atoms in total. The molecule has 4 heterocycles. The van der Waals surface area contributed by atoms with E-state index in [1.54, 1.807) is 17.2 Å². The van der Waals surface area contributed by atoms with Gasteiger partial charge in [0.05, 0.1) is 11.2 Å². The maximum absolute atomic E-state index is 14.6. The summed E-state index contributed by atoms with van der Waals surface area (Å²) in [4.78, 5) is 30.6. The molecule has 0 radical (unpaired) electrons. The summed E-state index contributed by atoms with van der Waals surface area (Å²) in [7, 11) is 0. The molecule has 1 saturated heterocycles. The first-order valence-corrected chi connectivity index (χ1v) is 11.3. The van der Waals surface area contributed by atoms with Gasteiger partial charge >= 0.3 is 0 Å². The average Bonchev–Trinajstić information content (AvgIpc) is 3.27. The monoisotopic (exact) mass is 482 g/mol. The smallest absolute Gasteiger partial charge is 0.254 e. The molecule has 1 atom stereocenters. The highest BCUT2D eigenvalue weighted by Crippen LogP contribution is 2.28. The summed E-state index contributed by atoms with van der Waals surface area (Å²) < 4.78 is 27.8. The number of rotatable bonds is 5. The Morgan fingerprint density at radius 1 is 1.18 bits per heavy atom. The topological polar surface area (TPSA) is 86.8 Å². The van der Waals surface area contributed by atoms with E-state index in [9.17, 15) is 13.6 Å². The van der Waals surface area contributed by atoms with Crippen molar-refractivity contribution in [1.29, 1.82) is 0 Å². The Kier molecular flexibility index (Phi) is 6.10. The molecule has 1 aliphatic rings. The van der Waals surface area contributed by atoms with Gasteiger partial charge in [0, 0.05) is 48.0 Å². The molecule has 1 aliphatic heterocycles. The zero-order chi connectivity index (χ0) is 23.7. The summed E-state index contributed by atoms with van der Waals surface area (Å²) >= 11 is 6.08. The Balaban J connectivity index is 1.36. The fourth-order valence-corrected chi connectivity index (χ4v) is 4.39. The van der Waals surface area contributed by atoms with Crippen molar-refractivity contribution in [2.45, 2.75) is 25.3 Å². The van der Waals surface area contributed by atoms with Crippen LogP contribution >= 0.6 is 11.6 Å². The van der Waals surface area contributed by atoms with E-state index in [1.165, 1.54) is 30.5 Å². The summed E-state index contributed by atoms with van der Waals surface area (Å²) in [6.45, 7) is 0.907. The number of nitrogens with zero attached hydrogens (tertiary/aromatic N) is 4. The summed E-state index contributed by atoms with van der Waals surface area (Å²) in [5.74, 6) is -0.779. The fraction of sp³-hybridized carbons (Fsp3) is 0.250. The Morgan fingerprint density at radius 2 is 2.00 bits per heavy atom. The Labute approximate surface area is 199 Å². The maximum atomic E-state index is 14.6. The van der Waals surface area contributed by atoms with Gasteiger partial charge in [0.15, 0.2) is 17.5 Å². The second kappa shape index (κ2) is 9.34. The third kappa shape index (κ3) is 4.43. The van der Waals surface area contributed by atoms with Gasteiger partial charge in [-0.3, -0.25) is 4.79 Å². The van der Waals surface area contributed by atoms with Crippen molar-refractivity contribution in [3.63, 3.8) is 0 Å². The van der Waals surface area contributed by atoms with E-state index in [2.05, 4.69) is 25.3 Å². The highest BCUT2D eigenvalue weighted by Gasteiger charge is 2.28. The van der Waals surface area contributed by atoms with Gasteiger partial charge in [0.1, 0.15) is 11.5 Å². The molecule has 1 amide bonds. The Morgan fingerprint density at radius 3 is 2.82 bits per heavy atom. The zero-order valence-electron chi connectivity index (χ0n) is 18.1. The first-order chi connectivity index (χ1) is 16.5. The van der Waals surface area contributed by atoms with Crippen LogP contribution in [0, 0.1) is 11.6 Å². The van der Waals surface area contributed by atoms with Gasteiger partial charge in [-0.2, -0.15) is 0 Å². The molecule has 3 aromatic heterocycles. The van der Waals surface area contributed by atoms with E-state index in [0.29, 0.717) is 40.7 Å². The molecule has 0 aliphatic carbocycles. The van der Waals surface area contributed by atoms with Crippen LogP contribution in [0.3, 0.4) is 0 Å². The number of nitrogens with one attached hydrogen (secondary N) is 2. The molecule has 0 saturated carbocycles. The molecule has 2 N–H and O–H groups in total. The van der Waals surface area contributed by atoms with Crippen LogP contribution in [0.15, 0.2) is 48.9 Å². The molecule has 10 heteroatoms. The van der Waals surface area contributed by atoms with Crippen LogP contribution in [0.1, 0.15) is 29.6 Å². The number of hydrogen-bond acceptors (Lipinski definition) is 5. The van der Waals surface area contributed by atoms with Crippen LogP contribution in [0.4, 0.5) is 14.6 Å². The van der Waals surface area contributed by atoms with Crippen molar-refractivity contribution in [3.05, 3.63) is 71.1 Å². The van der Waals surface area contributed by atoms with Crippen molar-refractivity contribution < 1.29 is 13.6 Å². The first kappa shape index (κ1) is 22.2. The SMILES string of the molecule is O=C(c1ccc(F)cc1)N1CCCCC1CNc1nc(-c2c[nH]c3ncc(Cl)cc23)ncc1F. The van der Waals surface area contributed by atoms with Gasteiger partial charge in [-0.05, 0) is 49.6 Å². The van der Waals surface area contributed by atoms with E-state index in [0.717, 1.165) is 30.8 Å². The van der Waals surface area contributed by atoms with Crippen molar-refractivity contribution in [2.75, 3.05) is 18.4 Å². The van der Waals surface area contributed by atoms with Crippen LogP contribution in [0.5, 0.6) is 0 Å². The third-order valence-electron chi connectivity index (χ3n) is 5.97. The number of amides is 1. The van der Waals surface area contributed by atoms with Crippen molar-refractivity contribution >= 4 is 34.4 Å². The molecule has 34 heavy (non-hydrogen) atoms. The number of pyridine rings is 1. The van der Waals surface area contributed by atoms with Crippen molar-refractivity contribution in [2.24, 2.45) is 0 Å². The molecular weight excluding hydrogens is 462 g/mol. The van der Waals surface area contributed by atoms with E-state index in [-0.39, 0.29) is 17.8 Å². The number of halogens is 3. The van der Waals surface area contributed by atoms with Gasteiger partial charge in [-0.15, -0.1) is 0 Å². The molecule has 5 rings (SSSR count). The molecule has 174 valence electrons. The Bertz CT molecular complexity index is 1340. The van der Waals surface area contributed by atoms with Gasteiger partial charge in [-0.1, -0.05) is 11.6 Å². The van der Waals surface area contributed by atoms with Crippen LogP contribution in [0.25, 0.3) is 22.4 Å². The Hall–Kier alpha value is -3.59. The van der Waals surface area contributed by atoms with Gasteiger partial charge in [0.2, 0.25) is 0 Å². The van der Waals surface area contributed by atoms with E-state index >= 15 is 0 Å². The summed E-state index contributed by atoms with van der Waals surface area (Å²) in [5, 5.41) is 4.26. The summed E-state index contributed by atoms with van der Waals surface area (Å²) in [6, 6.07) is 7.10. The lowest BCUT2D eigenvalue weighted by Crippen LogP contribution is -2.47. The number of piperidine rings is 1. The van der Waals surface area contributed by atoms with Crippen LogP contribution in [-0.2, 0) is 0 Å². The normalized spacial score (nSPS) is 16.1. The van der Waals surface area contributed by atoms with Crippen molar-refractivity contribution in [1.82, 2.24) is 24.8 Å². The predicted octanol–water partition coefficient (Wildman–Crippen LogP) is 5.06. The second-order valence-corrected chi connectivity index (χ2v) is 8.61. The first-order valence-electron chi connectivity index (χ1n) is 11.0. The average molecular weight is 483 g/mol. The number of carbonyl (C=O) groups excluding carboxylic acids is 1. The highest BCUT2D eigenvalue weighted by atomic mass is 35.5. The quantitative estimate of drug-likeness (QED) is 0.415. The standard InChI is InChI=1S/C24H21ClF2N6O/c25-15-9-18-19(12-30-21(18)28-10-15)22-31-13-20(27)23(32-22)29-11-17-3-1-2-8-33(17)24(34)14-4-6-16(26)7-5-14/h4-7,9-10,12-13,17H,1-3,8,11H2,(H,28,30)(H,29,31,32). The second-order valence-electron chi connectivity index (χ2n) is 8.18. The zero-order valence-corrected chi connectivity index (χ0v) is 18.8. The molecule has 1 unspecified atom stereocenters. The third-order valence-corrected chi connectivity index (χ3v) is 6.17. The van der Waals surface area contributed by atoms with E-state index < -0.39 is 11.6 Å². The molecule has 0 spiro atoms. The number of hydrogen-bond donors (Lipinski definition) is 2. The molecule has 0 bridgehead atoms. The lowest BCUT2D eigenvalue weighted by Gasteiger charge is -2.36. The number of benzene rings is 1. The van der Waals surface area contributed by atoms with E-state index in [4.69, 9.17) is 11.6 Å². The number of fused-ring (bicyclic) bond motifs is 1. The summed E-state index contributed by atoms with van der Waals surface area (Å²) in [6.07, 6.45) is 6.96.